The lowest BCUT2D eigenvalue weighted by molar-refractivity contribution is 0.0339. The molecule has 0 spiro atoms. The third-order valence-corrected chi connectivity index (χ3v) is 3.30. The van der Waals surface area contributed by atoms with Crippen LogP contribution in [-0.4, -0.2) is 5.97 Å². The normalized spacial score (nSPS) is 11.9. The second-order valence-corrected chi connectivity index (χ2v) is 5.00. The molecule has 1 atom stereocenters. The van der Waals surface area contributed by atoms with Crippen LogP contribution in [0.1, 0.15) is 40.1 Å². The zero-order valence-corrected chi connectivity index (χ0v) is 12.0. The molecule has 0 heterocycles. The minimum atomic E-state index is -0.384. The SMILES string of the molecule is Cc1cc(C)c(N)c(C(=O)OC(C)c2ccccc2)c1. The lowest BCUT2D eigenvalue weighted by atomic mass is 10.0. The molecule has 0 aromatic heterocycles. The smallest absolute Gasteiger partial charge is 0.340 e. The van der Waals surface area contributed by atoms with Crippen molar-refractivity contribution in [3.8, 4) is 0 Å². The van der Waals surface area contributed by atoms with Crippen molar-refractivity contribution in [2.75, 3.05) is 5.73 Å². The Morgan fingerprint density at radius 2 is 1.80 bits per heavy atom. The highest BCUT2D eigenvalue weighted by Crippen LogP contribution is 2.23. The van der Waals surface area contributed by atoms with E-state index in [-0.39, 0.29) is 12.1 Å². The van der Waals surface area contributed by atoms with Crippen molar-refractivity contribution in [2.24, 2.45) is 0 Å². The number of carbonyl (C=O) groups is 1. The lowest BCUT2D eigenvalue weighted by Crippen LogP contribution is -2.12. The van der Waals surface area contributed by atoms with E-state index in [0.29, 0.717) is 11.3 Å². The molecule has 0 saturated carbocycles. The molecule has 2 aromatic rings. The highest BCUT2D eigenvalue weighted by molar-refractivity contribution is 5.96. The van der Waals surface area contributed by atoms with Crippen molar-refractivity contribution >= 4 is 11.7 Å². The quantitative estimate of drug-likeness (QED) is 0.681. The molecule has 0 saturated heterocycles. The number of benzene rings is 2. The van der Waals surface area contributed by atoms with Gasteiger partial charge in [0.05, 0.1) is 5.56 Å². The number of ether oxygens (including phenoxy) is 1. The Bertz CT molecular complexity index is 620. The largest absolute Gasteiger partial charge is 0.454 e. The lowest BCUT2D eigenvalue weighted by Gasteiger charge is -2.15. The predicted molar refractivity (Wildman–Crippen MR) is 80.6 cm³/mol. The summed E-state index contributed by atoms with van der Waals surface area (Å²) in [6.07, 6.45) is -0.302. The summed E-state index contributed by atoms with van der Waals surface area (Å²) in [5.41, 5.74) is 9.74. The summed E-state index contributed by atoms with van der Waals surface area (Å²) < 4.78 is 5.49. The van der Waals surface area contributed by atoms with Crippen LogP contribution in [0.4, 0.5) is 5.69 Å². The summed E-state index contributed by atoms with van der Waals surface area (Å²) in [4.78, 5) is 12.3. The van der Waals surface area contributed by atoms with Crippen LogP contribution >= 0.6 is 0 Å². The van der Waals surface area contributed by atoms with Crippen LogP contribution in [0.2, 0.25) is 0 Å². The minimum absolute atomic E-state index is 0.302. The van der Waals surface area contributed by atoms with E-state index in [1.807, 2.05) is 57.2 Å². The molecule has 3 nitrogen and oxygen atoms in total. The molecular weight excluding hydrogens is 250 g/mol. The predicted octanol–water partition coefficient (Wildman–Crippen LogP) is 3.80. The van der Waals surface area contributed by atoms with Crippen LogP contribution in [0.5, 0.6) is 0 Å². The molecule has 3 heteroatoms. The Labute approximate surface area is 119 Å². The average molecular weight is 269 g/mol. The van der Waals surface area contributed by atoms with Gasteiger partial charge in [-0.15, -0.1) is 0 Å². The maximum atomic E-state index is 12.3. The number of nitrogen functional groups attached to an aromatic ring is 1. The van der Waals surface area contributed by atoms with E-state index in [9.17, 15) is 4.79 Å². The highest BCUT2D eigenvalue weighted by atomic mass is 16.5. The van der Waals surface area contributed by atoms with E-state index in [1.54, 1.807) is 6.07 Å². The molecule has 2 N–H and O–H groups in total. The number of esters is 1. The van der Waals surface area contributed by atoms with E-state index in [1.165, 1.54) is 0 Å². The summed E-state index contributed by atoms with van der Waals surface area (Å²) in [6.45, 7) is 5.68. The van der Waals surface area contributed by atoms with Crippen LogP contribution in [0, 0.1) is 13.8 Å². The summed E-state index contributed by atoms with van der Waals surface area (Å²) >= 11 is 0. The fraction of sp³-hybridized carbons (Fsp3) is 0.235. The van der Waals surface area contributed by atoms with Crippen LogP contribution < -0.4 is 5.73 Å². The molecule has 20 heavy (non-hydrogen) atoms. The molecule has 0 fully saturated rings. The third-order valence-electron chi connectivity index (χ3n) is 3.30. The fourth-order valence-corrected chi connectivity index (χ4v) is 2.16. The summed E-state index contributed by atoms with van der Waals surface area (Å²) in [5, 5.41) is 0. The summed E-state index contributed by atoms with van der Waals surface area (Å²) in [5.74, 6) is -0.384. The van der Waals surface area contributed by atoms with Gasteiger partial charge in [-0.1, -0.05) is 36.4 Å². The number of hydrogen-bond donors (Lipinski definition) is 1. The molecule has 0 aliphatic carbocycles. The minimum Gasteiger partial charge on any atom is -0.454 e. The van der Waals surface area contributed by atoms with Gasteiger partial charge in [-0.2, -0.15) is 0 Å². The van der Waals surface area contributed by atoms with E-state index in [2.05, 4.69) is 0 Å². The van der Waals surface area contributed by atoms with Gasteiger partial charge in [-0.25, -0.2) is 4.79 Å². The Balaban J connectivity index is 2.21. The number of anilines is 1. The van der Waals surface area contributed by atoms with E-state index in [4.69, 9.17) is 10.5 Å². The van der Waals surface area contributed by atoms with Crippen LogP contribution in [0.15, 0.2) is 42.5 Å². The molecule has 2 aromatic carbocycles. The van der Waals surface area contributed by atoms with Crippen molar-refractivity contribution in [3.63, 3.8) is 0 Å². The van der Waals surface area contributed by atoms with Gasteiger partial charge in [0.2, 0.25) is 0 Å². The van der Waals surface area contributed by atoms with Gasteiger partial charge in [-0.3, -0.25) is 0 Å². The van der Waals surface area contributed by atoms with Crippen LogP contribution in [0.3, 0.4) is 0 Å². The standard InChI is InChI=1S/C17H19NO2/c1-11-9-12(2)16(18)15(10-11)17(19)20-13(3)14-7-5-4-6-8-14/h4-10,13H,18H2,1-3H3. The Morgan fingerprint density at radius 1 is 1.15 bits per heavy atom. The fourth-order valence-electron chi connectivity index (χ4n) is 2.16. The molecule has 0 bridgehead atoms. The van der Waals surface area contributed by atoms with E-state index >= 15 is 0 Å². The Kier molecular flexibility index (Phi) is 4.08. The van der Waals surface area contributed by atoms with Crippen LogP contribution in [0.25, 0.3) is 0 Å². The first-order valence-electron chi connectivity index (χ1n) is 6.61. The van der Waals surface area contributed by atoms with Crippen LogP contribution in [-0.2, 0) is 4.74 Å². The molecule has 0 aliphatic heterocycles. The Morgan fingerprint density at radius 3 is 2.45 bits per heavy atom. The summed E-state index contributed by atoms with van der Waals surface area (Å²) in [7, 11) is 0. The van der Waals surface area contributed by atoms with Gasteiger partial charge in [-0.05, 0) is 43.5 Å². The first-order valence-corrected chi connectivity index (χ1v) is 6.61. The first-order chi connectivity index (χ1) is 9.49. The number of rotatable bonds is 3. The van der Waals surface area contributed by atoms with Crippen molar-refractivity contribution < 1.29 is 9.53 Å². The van der Waals surface area contributed by atoms with Gasteiger partial charge < -0.3 is 10.5 Å². The third kappa shape index (κ3) is 2.99. The van der Waals surface area contributed by atoms with Crippen molar-refractivity contribution in [3.05, 3.63) is 64.7 Å². The number of nitrogens with two attached hydrogens (primary N) is 1. The zero-order valence-electron chi connectivity index (χ0n) is 12.0. The topological polar surface area (TPSA) is 52.3 Å². The second kappa shape index (κ2) is 5.78. The molecule has 104 valence electrons. The maximum absolute atomic E-state index is 12.3. The second-order valence-electron chi connectivity index (χ2n) is 5.00. The maximum Gasteiger partial charge on any atom is 0.340 e. The zero-order chi connectivity index (χ0) is 14.7. The van der Waals surface area contributed by atoms with Gasteiger partial charge >= 0.3 is 5.97 Å². The van der Waals surface area contributed by atoms with Gasteiger partial charge in [0, 0.05) is 5.69 Å². The molecular formula is C17H19NO2. The molecule has 1 unspecified atom stereocenters. The Hall–Kier alpha value is -2.29. The van der Waals surface area contributed by atoms with Crippen molar-refractivity contribution in [2.45, 2.75) is 26.9 Å². The number of carbonyl (C=O) groups excluding carboxylic acids is 1. The monoisotopic (exact) mass is 269 g/mol. The first kappa shape index (κ1) is 14.1. The van der Waals surface area contributed by atoms with Gasteiger partial charge in [0.25, 0.3) is 0 Å². The average Bonchev–Trinajstić information content (AvgIpc) is 2.43. The molecule has 0 amide bonds. The highest BCUT2D eigenvalue weighted by Gasteiger charge is 2.17. The van der Waals surface area contributed by atoms with E-state index in [0.717, 1.165) is 16.7 Å². The molecule has 2 rings (SSSR count). The summed E-state index contributed by atoms with van der Waals surface area (Å²) in [6, 6.07) is 13.4. The number of hydrogen-bond acceptors (Lipinski definition) is 3. The van der Waals surface area contributed by atoms with Gasteiger partial charge in [0.15, 0.2) is 0 Å². The number of aryl methyl sites for hydroxylation is 2. The van der Waals surface area contributed by atoms with Gasteiger partial charge in [0.1, 0.15) is 6.10 Å². The van der Waals surface area contributed by atoms with Crippen molar-refractivity contribution in [1.29, 1.82) is 0 Å². The van der Waals surface area contributed by atoms with Crippen molar-refractivity contribution in [1.82, 2.24) is 0 Å². The van der Waals surface area contributed by atoms with E-state index < -0.39 is 0 Å². The molecule has 0 aliphatic rings. The molecule has 0 radical (unpaired) electrons.